The molecule has 1 N–H and O–H groups in total. The normalized spacial score (nSPS) is 12.5. The Morgan fingerprint density at radius 2 is 1.50 bits per heavy atom. The summed E-state index contributed by atoms with van der Waals surface area (Å²) < 4.78 is 83.3. The van der Waals surface area contributed by atoms with Crippen LogP contribution in [0.15, 0.2) is 48.5 Å². The molecule has 0 saturated carbocycles. The van der Waals surface area contributed by atoms with Crippen LogP contribution >= 0.6 is 0 Å². The molecule has 2 aromatic rings. The van der Waals surface area contributed by atoms with Gasteiger partial charge in [0.15, 0.2) is 6.10 Å². The Labute approximate surface area is 228 Å². The lowest BCUT2D eigenvalue weighted by atomic mass is 10.1. The summed E-state index contributed by atoms with van der Waals surface area (Å²) in [5.74, 6) is -3.98. The Morgan fingerprint density at radius 3 is 2.05 bits per heavy atom. The van der Waals surface area contributed by atoms with Gasteiger partial charge in [0.25, 0.3) is 0 Å². The minimum absolute atomic E-state index is 0.0213. The largest absolute Gasteiger partial charge is 0.573 e. The monoisotopic (exact) mass is 577 g/mol. The fourth-order valence-electron chi connectivity index (χ4n) is 3.54. The van der Waals surface area contributed by atoms with Gasteiger partial charge in [-0.2, -0.15) is 0 Å². The number of hydrogen-bond donors (Lipinski definition) is 1. The first-order valence-corrected chi connectivity index (χ1v) is 12.5. The fraction of sp³-hybridized carbons (Fsp3) is 0.481. The van der Waals surface area contributed by atoms with Gasteiger partial charge in [-0.15, -0.1) is 13.2 Å². The number of rotatable bonds is 16. The molecule has 0 saturated heterocycles. The molecule has 0 aliphatic heterocycles. The Morgan fingerprint density at radius 1 is 0.900 bits per heavy atom. The number of aliphatic carboxylic acids is 1. The van der Waals surface area contributed by atoms with Crippen LogP contribution in [0.1, 0.15) is 38.7 Å². The van der Waals surface area contributed by atoms with E-state index in [1.165, 1.54) is 4.90 Å². The second-order valence-electron chi connectivity index (χ2n) is 8.88. The van der Waals surface area contributed by atoms with Gasteiger partial charge in [-0.1, -0.05) is 12.1 Å². The average Bonchev–Trinajstić information content (AvgIpc) is 2.85. The van der Waals surface area contributed by atoms with Crippen molar-refractivity contribution < 1.29 is 55.6 Å². The molecular weight excluding hydrogens is 545 g/mol. The number of carboxylic acids is 1. The summed E-state index contributed by atoms with van der Waals surface area (Å²) in [5, 5.41) is 9.22. The fourth-order valence-corrected chi connectivity index (χ4v) is 3.54. The summed E-state index contributed by atoms with van der Waals surface area (Å²) in [7, 11) is 0. The number of hydrogen-bond acceptors (Lipinski definition) is 6. The summed E-state index contributed by atoms with van der Waals surface area (Å²) in [6.07, 6.45) is -6.45. The van der Waals surface area contributed by atoms with Crippen LogP contribution in [0.4, 0.5) is 26.7 Å². The third-order valence-electron chi connectivity index (χ3n) is 5.43. The Hall–Kier alpha value is -3.61. The van der Waals surface area contributed by atoms with Crippen molar-refractivity contribution in [2.75, 3.05) is 26.3 Å². The van der Waals surface area contributed by atoms with Crippen molar-refractivity contribution in [1.29, 1.82) is 0 Å². The average molecular weight is 578 g/mol. The second-order valence-corrected chi connectivity index (χ2v) is 8.88. The Bertz CT molecular complexity index is 1060. The molecular formula is C27H32F5NO7. The van der Waals surface area contributed by atoms with E-state index in [-0.39, 0.29) is 57.7 Å². The van der Waals surface area contributed by atoms with E-state index in [4.69, 9.17) is 14.2 Å². The lowest BCUT2D eigenvalue weighted by molar-refractivity contribution is -0.274. The minimum atomic E-state index is -4.87. The quantitative estimate of drug-likeness (QED) is 0.184. The van der Waals surface area contributed by atoms with E-state index in [1.54, 1.807) is 31.2 Å². The number of carbonyl (C=O) groups excluding carboxylic acids is 1. The molecule has 8 nitrogen and oxygen atoms in total. The second kappa shape index (κ2) is 15.2. The molecule has 40 heavy (non-hydrogen) atoms. The SMILES string of the molecule is CCOC(Cc1ccc(OCCN(CCCCC(C)(F)F)C(=O)Oc2ccc(OC(F)(F)F)cc2)cc1)C(=O)O. The number of carbonyl (C=O) groups is 2. The summed E-state index contributed by atoms with van der Waals surface area (Å²) in [6.45, 7) is 2.91. The summed E-state index contributed by atoms with van der Waals surface area (Å²) in [4.78, 5) is 25.3. The maximum absolute atomic E-state index is 13.2. The predicted octanol–water partition coefficient (Wildman–Crippen LogP) is 6.32. The lowest BCUT2D eigenvalue weighted by Crippen LogP contribution is -2.37. The van der Waals surface area contributed by atoms with Crippen LogP contribution in [0.25, 0.3) is 0 Å². The number of ether oxygens (including phenoxy) is 4. The summed E-state index contributed by atoms with van der Waals surface area (Å²) in [6, 6.07) is 10.9. The van der Waals surface area contributed by atoms with E-state index >= 15 is 0 Å². The summed E-state index contributed by atoms with van der Waals surface area (Å²) in [5.41, 5.74) is 0.720. The van der Waals surface area contributed by atoms with Gasteiger partial charge in [0, 0.05) is 26.0 Å². The zero-order chi connectivity index (χ0) is 29.8. The highest BCUT2D eigenvalue weighted by molar-refractivity contribution is 5.72. The van der Waals surface area contributed by atoms with E-state index in [2.05, 4.69) is 4.74 Å². The van der Waals surface area contributed by atoms with Crippen molar-refractivity contribution in [3.63, 3.8) is 0 Å². The number of carboxylic acid groups (broad SMARTS) is 1. The number of benzene rings is 2. The molecule has 13 heteroatoms. The summed E-state index contributed by atoms with van der Waals surface area (Å²) >= 11 is 0. The van der Waals surface area contributed by atoms with Crippen LogP contribution in [0.3, 0.4) is 0 Å². The van der Waals surface area contributed by atoms with Crippen molar-refractivity contribution in [2.45, 2.75) is 57.9 Å². The van der Waals surface area contributed by atoms with E-state index in [1.807, 2.05) is 0 Å². The van der Waals surface area contributed by atoms with Crippen LogP contribution in [-0.2, 0) is 16.0 Å². The topological polar surface area (TPSA) is 94.5 Å². The first-order valence-electron chi connectivity index (χ1n) is 12.5. The molecule has 0 aromatic heterocycles. The molecule has 0 spiro atoms. The lowest BCUT2D eigenvalue weighted by Gasteiger charge is -2.22. The Kier molecular flexibility index (Phi) is 12.4. The van der Waals surface area contributed by atoms with Crippen LogP contribution in [0.2, 0.25) is 0 Å². The zero-order valence-electron chi connectivity index (χ0n) is 22.1. The van der Waals surface area contributed by atoms with E-state index < -0.39 is 36.2 Å². The van der Waals surface area contributed by atoms with E-state index in [9.17, 15) is 36.6 Å². The van der Waals surface area contributed by atoms with Crippen molar-refractivity contribution in [3.05, 3.63) is 54.1 Å². The highest BCUT2D eigenvalue weighted by Gasteiger charge is 2.31. The van der Waals surface area contributed by atoms with E-state index in [0.717, 1.165) is 36.8 Å². The van der Waals surface area contributed by atoms with Gasteiger partial charge in [0.2, 0.25) is 5.92 Å². The van der Waals surface area contributed by atoms with Gasteiger partial charge < -0.3 is 29.0 Å². The van der Waals surface area contributed by atoms with Crippen molar-refractivity contribution in [3.8, 4) is 17.2 Å². The molecule has 222 valence electrons. The standard InChI is InChI=1S/C27H32F5NO7/c1-3-37-23(24(34)35)18-19-6-8-20(9-7-19)38-17-16-33(15-5-4-14-26(2,28)29)25(36)39-21-10-12-22(13-11-21)40-27(30,31)32/h6-13,23H,3-5,14-18H2,1-2H3,(H,34,35). The van der Waals surface area contributed by atoms with Gasteiger partial charge in [-0.3, -0.25) is 0 Å². The highest BCUT2D eigenvalue weighted by atomic mass is 19.4. The van der Waals surface area contributed by atoms with Crippen LogP contribution in [0.5, 0.6) is 17.2 Å². The predicted molar refractivity (Wildman–Crippen MR) is 134 cm³/mol. The maximum atomic E-state index is 13.2. The molecule has 0 aliphatic carbocycles. The number of nitrogens with zero attached hydrogens (tertiary/aromatic N) is 1. The number of amides is 1. The van der Waals surface area contributed by atoms with Gasteiger partial charge >= 0.3 is 18.4 Å². The molecule has 1 amide bonds. The molecule has 0 bridgehead atoms. The molecule has 0 aliphatic rings. The molecule has 1 atom stereocenters. The number of unbranched alkanes of at least 4 members (excludes halogenated alkanes) is 1. The zero-order valence-corrected chi connectivity index (χ0v) is 22.1. The molecule has 0 heterocycles. The third-order valence-corrected chi connectivity index (χ3v) is 5.43. The van der Waals surface area contributed by atoms with Gasteiger partial charge in [0.1, 0.15) is 23.9 Å². The number of halogens is 5. The molecule has 2 aromatic carbocycles. The molecule has 0 fully saturated rings. The molecule has 1 unspecified atom stereocenters. The van der Waals surface area contributed by atoms with Gasteiger partial charge in [0.05, 0.1) is 6.54 Å². The van der Waals surface area contributed by atoms with Crippen molar-refractivity contribution in [2.24, 2.45) is 0 Å². The van der Waals surface area contributed by atoms with Gasteiger partial charge in [-0.25, -0.2) is 18.4 Å². The van der Waals surface area contributed by atoms with Crippen molar-refractivity contribution >= 4 is 12.1 Å². The van der Waals surface area contributed by atoms with E-state index in [0.29, 0.717) is 5.75 Å². The number of alkyl halides is 5. The van der Waals surface area contributed by atoms with Crippen LogP contribution in [0, 0.1) is 0 Å². The molecule has 2 rings (SSSR count). The maximum Gasteiger partial charge on any atom is 0.573 e. The van der Waals surface area contributed by atoms with Crippen LogP contribution < -0.4 is 14.2 Å². The first kappa shape index (κ1) is 32.6. The molecule has 0 radical (unpaired) electrons. The smallest absolute Gasteiger partial charge is 0.492 e. The van der Waals surface area contributed by atoms with Gasteiger partial charge in [-0.05, 0) is 68.7 Å². The third kappa shape index (κ3) is 13.0. The van der Waals surface area contributed by atoms with Crippen molar-refractivity contribution in [1.82, 2.24) is 4.90 Å². The Balaban J connectivity index is 1.96. The van der Waals surface area contributed by atoms with Crippen LogP contribution in [-0.4, -0.2) is 66.8 Å². The minimum Gasteiger partial charge on any atom is -0.492 e. The first-order chi connectivity index (χ1) is 18.8. The highest BCUT2D eigenvalue weighted by Crippen LogP contribution is 2.25.